The standard InChI is InChI=1S/C21H26Cl2N2O2/c1-16(18-3-2-4-19(22)14-18)24-15-17-5-6-20(23)21(13-17)27-12-9-25-7-10-26-11-8-25/h2-6,13-14,16,24H,7-12,15H2,1H3. The van der Waals surface area contributed by atoms with Gasteiger partial charge in [0.05, 0.1) is 18.2 Å². The quantitative estimate of drug-likeness (QED) is 0.694. The molecule has 1 N–H and O–H groups in total. The lowest BCUT2D eigenvalue weighted by Gasteiger charge is -2.26. The van der Waals surface area contributed by atoms with Crippen LogP contribution in [0.25, 0.3) is 0 Å². The molecule has 0 bridgehead atoms. The van der Waals surface area contributed by atoms with Gasteiger partial charge in [0.25, 0.3) is 0 Å². The van der Waals surface area contributed by atoms with E-state index in [4.69, 9.17) is 32.7 Å². The van der Waals surface area contributed by atoms with Crippen LogP contribution in [0, 0.1) is 0 Å². The van der Waals surface area contributed by atoms with Crippen molar-refractivity contribution in [2.45, 2.75) is 19.5 Å². The Kier molecular flexibility index (Phi) is 7.80. The molecule has 2 aromatic carbocycles. The van der Waals surface area contributed by atoms with E-state index in [0.29, 0.717) is 11.6 Å². The summed E-state index contributed by atoms with van der Waals surface area (Å²) in [4.78, 5) is 2.34. The van der Waals surface area contributed by atoms with Crippen LogP contribution in [0.1, 0.15) is 24.1 Å². The normalized spacial score (nSPS) is 16.3. The van der Waals surface area contributed by atoms with Crippen LogP contribution < -0.4 is 10.1 Å². The Hall–Kier alpha value is -1.30. The molecule has 6 heteroatoms. The predicted octanol–water partition coefficient (Wildman–Crippen LogP) is 4.56. The Bertz CT molecular complexity index is 736. The molecule has 1 atom stereocenters. The van der Waals surface area contributed by atoms with Gasteiger partial charge in [-0.25, -0.2) is 0 Å². The summed E-state index contributed by atoms with van der Waals surface area (Å²) in [7, 11) is 0. The van der Waals surface area contributed by atoms with Crippen molar-refractivity contribution in [3.8, 4) is 5.75 Å². The topological polar surface area (TPSA) is 33.7 Å². The Morgan fingerprint density at radius 3 is 2.74 bits per heavy atom. The van der Waals surface area contributed by atoms with Crippen LogP contribution in [0.3, 0.4) is 0 Å². The second-order valence-electron chi connectivity index (χ2n) is 6.72. The summed E-state index contributed by atoms with van der Waals surface area (Å²) < 4.78 is 11.3. The first-order valence-corrected chi connectivity index (χ1v) is 10.1. The largest absolute Gasteiger partial charge is 0.491 e. The van der Waals surface area contributed by atoms with Gasteiger partial charge in [0.15, 0.2) is 0 Å². The molecule has 1 aliphatic rings. The maximum Gasteiger partial charge on any atom is 0.138 e. The zero-order valence-electron chi connectivity index (χ0n) is 15.6. The molecule has 1 heterocycles. The zero-order chi connectivity index (χ0) is 19.1. The first-order valence-electron chi connectivity index (χ1n) is 9.32. The molecule has 0 aliphatic carbocycles. The summed E-state index contributed by atoms with van der Waals surface area (Å²) in [6.07, 6.45) is 0. The minimum absolute atomic E-state index is 0.199. The van der Waals surface area contributed by atoms with Crippen LogP contribution in [0.2, 0.25) is 10.0 Å². The molecule has 0 spiro atoms. The summed E-state index contributed by atoms with van der Waals surface area (Å²) in [5, 5.41) is 4.91. The van der Waals surface area contributed by atoms with E-state index in [2.05, 4.69) is 23.2 Å². The first kappa shape index (κ1) is 20.4. The molecular weight excluding hydrogens is 383 g/mol. The molecule has 3 rings (SSSR count). The molecule has 0 saturated carbocycles. The van der Waals surface area contributed by atoms with Gasteiger partial charge in [0.2, 0.25) is 0 Å². The molecule has 1 saturated heterocycles. The number of rotatable bonds is 8. The lowest BCUT2D eigenvalue weighted by molar-refractivity contribution is 0.0322. The summed E-state index contributed by atoms with van der Waals surface area (Å²) in [5.74, 6) is 0.736. The lowest BCUT2D eigenvalue weighted by Crippen LogP contribution is -2.38. The molecular formula is C21H26Cl2N2O2. The molecule has 27 heavy (non-hydrogen) atoms. The molecule has 1 unspecified atom stereocenters. The Labute approximate surface area is 171 Å². The molecule has 2 aromatic rings. The van der Waals surface area contributed by atoms with Crippen molar-refractivity contribution in [1.29, 1.82) is 0 Å². The number of hydrogen-bond acceptors (Lipinski definition) is 4. The van der Waals surface area contributed by atoms with E-state index < -0.39 is 0 Å². The van der Waals surface area contributed by atoms with Gasteiger partial charge in [-0.1, -0.05) is 41.4 Å². The van der Waals surface area contributed by atoms with Crippen LogP contribution in [0.15, 0.2) is 42.5 Å². The smallest absolute Gasteiger partial charge is 0.138 e. The lowest BCUT2D eigenvalue weighted by atomic mass is 10.1. The van der Waals surface area contributed by atoms with Crippen molar-refractivity contribution in [3.05, 3.63) is 63.6 Å². The second kappa shape index (κ2) is 10.3. The van der Waals surface area contributed by atoms with Gasteiger partial charge >= 0.3 is 0 Å². The molecule has 4 nitrogen and oxygen atoms in total. The highest BCUT2D eigenvalue weighted by Gasteiger charge is 2.11. The Morgan fingerprint density at radius 1 is 1.15 bits per heavy atom. The number of ether oxygens (including phenoxy) is 2. The van der Waals surface area contributed by atoms with Crippen LogP contribution >= 0.6 is 23.2 Å². The van der Waals surface area contributed by atoms with Crippen molar-refractivity contribution < 1.29 is 9.47 Å². The average molecular weight is 409 g/mol. The molecule has 0 amide bonds. The van der Waals surface area contributed by atoms with E-state index in [9.17, 15) is 0 Å². The van der Waals surface area contributed by atoms with Gasteiger partial charge in [0, 0.05) is 37.2 Å². The highest BCUT2D eigenvalue weighted by Crippen LogP contribution is 2.26. The van der Waals surface area contributed by atoms with Crippen LogP contribution in [-0.2, 0) is 11.3 Å². The third-order valence-corrected chi connectivity index (χ3v) is 5.27. The number of benzene rings is 2. The summed E-state index contributed by atoms with van der Waals surface area (Å²) in [6.45, 7) is 7.87. The third kappa shape index (κ3) is 6.37. The fourth-order valence-corrected chi connectivity index (χ4v) is 3.41. The SMILES string of the molecule is CC(NCc1ccc(Cl)c(OCCN2CCOCC2)c1)c1cccc(Cl)c1. The van der Waals surface area contributed by atoms with Gasteiger partial charge in [-0.2, -0.15) is 0 Å². The molecule has 1 aliphatic heterocycles. The monoisotopic (exact) mass is 408 g/mol. The number of nitrogens with zero attached hydrogens (tertiary/aromatic N) is 1. The highest BCUT2D eigenvalue weighted by molar-refractivity contribution is 6.32. The van der Waals surface area contributed by atoms with Gasteiger partial charge in [-0.3, -0.25) is 4.90 Å². The average Bonchev–Trinajstić information content (AvgIpc) is 2.69. The number of morpholine rings is 1. The molecule has 1 fully saturated rings. The fourth-order valence-electron chi connectivity index (χ4n) is 3.04. The van der Waals surface area contributed by atoms with E-state index in [1.54, 1.807) is 0 Å². The van der Waals surface area contributed by atoms with Crippen molar-refractivity contribution in [2.75, 3.05) is 39.5 Å². The fraction of sp³-hybridized carbons (Fsp3) is 0.429. The minimum atomic E-state index is 0.199. The van der Waals surface area contributed by atoms with Gasteiger partial charge < -0.3 is 14.8 Å². The van der Waals surface area contributed by atoms with E-state index >= 15 is 0 Å². The third-order valence-electron chi connectivity index (χ3n) is 4.73. The number of hydrogen-bond donors (Lipinski definition) is 1. The maximum atomic E-state index is 6.30. The molecule has 0 radical (unpaired) electrons. The zero-order valence-corrected chi connectivity index (χ0v) is 17.1. The predicted molar refractivity (Wildman–Crippen MR) is 111 cm³/mol. The van der Waals surface area contributed by atoms with Crippen LogP contribution in [-0.4, -0.2) is 44.4 Å². The Morgan fingerprint density at radius 2 is 1.96 bits per heavy atom. The van der Waals surface area contributed by atoms with E-state index in [1.807, 2.05) is 36.4 Å². The van der Waals surface area contributed by atoms with Gasteiger partial charge in [-0.05, 0) is 42.3 Å². The molecule has 0 aromatic heterocycles. The van der Waals surface area contributed by atoms with Crippen molar-refractivity contribution in [2.24, 2.45) is 0 Å². The minimum Gasteiger partial charge on any atom is -0.491 e. The number of nitrogens with one attached hydrogen (secondary N) is 1. The van der Waals surface area contributed by atoms with Gasteiger partial charge in [-0.15, -0.1) is 0 Å². The van der Waals surface area contributed by atoms with E-state index in [1.165, 1.54) is 5.56 Å². The van der Waals surface area contributed by atoms with Crippen LogP contribution in [0.5, 0.6) is 5.75 Å². The summed E-state index contributed by atoms with van der Waals surface area (Å²) in [5.41, 5.74) is 2.30. The maximum absolute atomic E-state index is 6.30. The van der Waals surface area contributed by atoms with E-state index in [0.717, 1.165) is 55.7 Å². The summed E-state index contributed by atoms with van der Waals surface area (Å²) >= 11 is 12.4. The molecule has 146 valence electrons. The van der Waals surface area contributed by atoms with Crippen LogP contribution in [0.4, 0.5) is 0 Å². The van der Waals surface area contributed by atoms with E-state index in [-0.39, 0.29) is 6.04 Å². The van der Waals surface area contributed by atoms with Crippen molar-refractivity contribution >= 4 is 23.2 Å². The number of halogens is 2. The van der Waals surface area contributed by atoms with Gasteiger partial charge in [0.1, 0.15) is 12.4 Å². The summed E-state index contributed by atoms with van der Waals surface area (Å²) in [6, 6.07) is 14.1. The highest BCUT2D eigenvalue weighted by atomic mass is 35.5. The second-order valence-corrected chi connectivity index (χ2v) is 7.57. The Balaban J connectivity index is 1.51. The van der Waals surface area contributed by atoms with Crippen molar-refractivity contribution in [1.82, 2.24) is 10.2 Å². The van der Waals surface area contributed by atoms with Crippen molar-refractivity contribution in [3.63, 3.8) is 0 Å². The first-order chi connectivity index (χ1) is 13.1.